The zero-order valence-electron chi connectivity index (χ0n) is 15.3. The topological polar surface area (TPSA) is 18.5 Å². The van der Waals surface area contributed by atoms with Crippen LogP contribution in [0.4, 0.5) is 0 Å². The van der Waals surface area contributed by atoms with E-state index in [1.807, 2.05) is 18.2 Å². The van der Waals surface area contributed by atoms with Crippen LogP contribution < -0.4 is 9.05 Å². The van der Waals surface area contributed by atoms with E-state index in [-0.39, 0.29) is 0 Å². The van der Waals surface area contributed by atoms with Crippen molar-refractivity contribution in [1.29, 1.82) is 0 Å². The van der Waals surface area contributed by atoms with E-state index >= 15 is 0 Å². The highest BCUT2D eigenvalue weighted by molar-refractivity contribution is 7.54. The van der Waals surface area contributed by atoms with E-state index in [2.05, 4.69) is 61.5 Å². The van der Waals surface area contributed by atoms with Crippen LogP contribution in [0.2, 0.25) is 0 Å². The molecule has 0 radical (unpaired) electrons. The summed E-state index contributed by atoms with van der Waals surface area (Å²) in [4.78, 5) is 0. The van der Waals surface area contributed by atoms with Crippen molar-refractivity contribution in [2.45, 2.75) is 78.0 Å². The SMILES string of the molecule is CC(C)P(Oc1[c-]c(OP(C(C)C)C(C)C)ccc1)C(C)C. The lowest BCUT2D eigenvalue weighted by molar-refractivity contribution is 0.565. The zero-order valence-corrected chi connectivity index (χ0v) is 17.0. The molecule has 2 nitrogen and oxygen atoms in total. The average Bonchev–Trinajstić information content (AvgIpc) is 2.41. The summed E-state index contributed by atoms with van der Waals surface area (Å²) >= 11 is 0. The van der Waals surface area contributed by atoms with Crippen molar-refractivity contribution < 1.29 is 9.05 Å². The van der Waals surface area contributed by atoms with Crippen LogP contribution in [0.3, 0.4) is 0 Å². The molecule has 1 rings (SSSR count). The molecule has 0 fully saturated rings. The van der Waals surface area contributed by atoms with Gasteiger partial charge in [-0.05, 0) is 0 Å². The van der Waals surface area contributed by atoms with Crippen LogP contribution in [0.5, 0.6) is 11.5 Å². The summed E-state index contributed by atoms with van der Waals surface area (Å²) in [5.74, 6) is 1.63. The minimum atomic E-state index is -0.494. The maximum absolute atomic E-state index is 6.22. The Morgan fingerprint density at radius 2 is 1.00 bits per heavy atom. The molecule has 0 aliphatic carbocycles. The molecule has 0 saturated carbocycles. The third-order valence-electron chi connectivity index (χ3n) is 3.18. The summed E-state index contributed by atoms with van der Waals surface area (Å²) in [5, 5.41) is 0. The predicted molar refractivity (Wildman–Crippen MR) is 101 cm³/mol. The van der Waals surface area contributed by atoms with Crippen molar-refractivity contribution in [1.82, 2.24) is 0 Å². The second kappa shape index (κ2) is 9.09. The van der Waals surface area contributed by atoms with Crippen molar-refractivity contribution in [3.05, 3.63) is 24.3 Å². The second-order valence-corrected chi connectivity index (χ2v) is 12.6. The molecule has 126 valence electrons. The van der Waals surface area contributed by atoms with Crippen LogP contribution >= 0.6 is 16.3 Å². The zero-order chi connectivity index (χ0) is 16.9. The highest BCUT2D eigenvalue weighted by Gasteiger charge is 2.20. The summed E-state index contributed by atoms with van der Waals surface area (Å²) < 4.78 is 12.4. The first-order valence-corrected chi connectivity index (χ1v) is 11.0. The van der Waals surface area contributed by atoms with E-state index < -0.39 is 16.3 Å². The normalized spacial score (nSPS) is 12.3. The highest BCUT2D eigenvalue weighted by Crippen LogP contribution is 2.49. The lowest BCUT2D eigenvalue weighted by Gasteiger charge is -2.30. The molecule has 0 spiro atoms. The summed E-state index contributed by atoms with van der Waals surface area (Å²) in [6.45, 7) is 17.8. The first-order chi connectivity index (χ1) is 10.2. The van der Waals surface area contributed by atoms with Crippen LogP contribution in [-0.4, -0.2) is 22.6 Å². The standard InChI is InChI=1S/C18H31O2P2/c1-13(2)21(14(3)4)19-17-10-9-11-18(12-17)20-22(15(5)6)16(7)8/h9-11,13-16H,1-8H3/q-1. The van der Waals surface area contributed by atoms with E-state index in [9.17, 15) is 0 Å². The van der Waals surface area contributed by atoms with Crippen LogP contribution in [0.1, 0.15) is 55.4 Å². The predicted octanol–water partition coefficient (Wildman–Crippen LogP) is 6.67. The van der Waals surface area contributed by atoms with Crippen molar-refractivity contribution in [3.8, 4) is 11.5 Å². The minimum Gasteiger partial charge on any atom is -0.499 e. The lowest BCUT2D eigenvalue weighted by atomic mass is 10.3. The Bertz CT molecular complexity index is 391. The van der Waals surface area contributed by atoms with Crippen LogP contribution in [0.15, 0.2) is 18.2 Å². The maximum atomic E-state index is 6.22. The fourth-order valence-electron chi connectivity index (χ4n) is 2.38. The molecule has 22 heavy (non-hydrogen) atoms. The van der Waals surface area contributed by atoms with Gasteiger partial charge in [0, 0.05) is 34.1 Å². The van der Waals surface area contributed by atoms with Crippen molar-refractivity contribution in [2.75, 3.05) is 0 Å². The fourth-order valence-corrected chi connectivity index (χ4v) is 6.27. The molecule has 0 atom stereocenters. The molecule has 0 bridgehead atoms. The largest absolute Gasteiger partial charge is 0.499 e. The van der Waals surface area contributed by atoms with Gasteiger partial charge in [0.25, 0.3) is 0 Å². The molecular formula is C18H31O2P2-. The first kappa shape index (κ1) is 19.7. The summed E-state index contributed by atoms with van der Waals surface area (Å²) in [6.07, 6.45) is 0. The molecule has 0 amide bonds. The maximum Gasteiger partial charge on any atom is 0.0889 e. The van der Waals surface area contributed by atoms with E-state index in [0.717, 1.165) is 11.5 Å². The van der Waals surface area contributed by atoms with Gasteiger partial charge in [-0.1, -0.05) is 61.5 Å². The lowest BCUT2D eigenvalue weighted by Crippen LogP contribution is -2.09. The molecule has 0 aliphatic heterocycles. The van der Waals surface area contributed by atoms with Gasteiger partial charge in [-0.25, -0.2) is 0 Å². The van der Waals surface area contributed by atoms with Gasteiger partial charge >= 0.3 is 0 Å². The fraction of sp³-hybridized carbons (Fsp3) is 0.667. The Morgan fingerprint density at radius 3 is 1.27 bits per heavy atom. The summed E-state index contributed by atoms with van der Waals surface area (Å²) in [6, 6.07) is 9.29. The van der Waals surface area contributed by atoms with Crippen molar-refractivity contribution >= 4 is 16.3 Å². The van der Waals surface area contributed by atoms with Gasteiger partial charge < -0.3 is 9.05 Å². The molecule has 4 heteroatoms. The number of hydrogen-bond donors (Lipinski definition) is 0. The molecule has 1 aromatic rings. The Kier molecular flexibility index (Phi) is 8.15. The molecule has 0 N–H and O–H groups in total. The Balaban J connectivity index is 2.85. The molecule has 0 heterocycles. The Morgan fingerprint density at radius 1 is 0.682 bits per heavy atom. The van der Waals surface area contributed by atoms with Gasteiger partial charge in [0.1, 0.15) is 0 Å². The van der Waals surface area contributed by atoms with E-state index in [1.54, 1.807) is 0 Å². The molecule has 0 unspecified atom stereocenters. The molecule has 0 saturated heterocycles. The average molecular weight is 341 g/mol. The van der Waals surface area contributed by atoms with E-state index in [0.29, 0.717) is 22.6 Å². The van der Waals surface area contributed by atoms with Crippen LogP contribution in [0, 0.1) is 6.07 Å². The van der Waals surface area contributed by atoms with Gasteiger partial charge in [0.2, 0.25) is 0 Å². The third kappa shape index (κ3) is 6.05. The van der Waals surface area contributed by atoms with Gasteiger partial charge in [0.15, 0.2) is 0 Å². The van der Waals surface area contributed by atoms with E-state index in [4.69, 9.17) is 9.05 Å². The Labute approximate surface area is 139 Å². The number of rotatable bonds is 8. The van der Waals surface area contributed by atoms with Crippen molar-refractivity contribution in [3.63, 3.8) is 0 Å². The van der Waals surface area contributed by atoms with Crippen LogP contribution in [0.25, 0.3) is 0 Å². The van der Waals surface area contributed by atoms with Crippen LogP contribution in [-0.2, 0) is 0 Å². The summed E-state index contributed by atoms with van der Waals surface area (Å²) in [7, 11) is -0.988. The second-order valence-electron chi connectivity index (χ2n) is 6.66. The number of hydrogen-bond acceptors (Lipinski definition) is 2. The monoisotopic (exact) mass is 341 g/mol. The molecule has 1 aromatic carbocycles. The highest BCUT2D eigenvalue weighted by atomic mass is 31.1. The van der Waals surface area contributed by atoms with Crippen molar-refractivity contribution in [2.24, 2.45) is 0 Å². The molecular weight excluding hydrogens is 310 g/mol. The minimum absolute atomic E-state index is 0.494. The van der Waals surface area contributed by atoms with E-state index in [1.165, 1.54) is 0 Å². The smallest absolute Gasteiger partial charge is 0.0889 e. The van der Waals surface area contributed by atoms with Gasteiger partial charge in [-0.3, -0.25) is 0 Å². The van der Waals surface area contributed by atoms with Gasteiger partial charge in [0.05, 0.1) is 16.3 Å². The first-order valence-electron chi connectivity index (χ1n) is 8.17. The Hall–Kier alpha value is -0.320. The van der Waals surface area contributed by atoms with Gasteiger partial charge in [-0.2, -0.15) is 6.07 Å². The summed E-state index contributed by atoms with van der Waals surface area (Å²) in [5.41, 5.74) is 2.15. The van der Waals surface area contributed by atoms with Gasteiger partial charge in [-0.15, -0.1) is 12.1 Å². The number of benzene rings is 1. The molecule has 0 aromatic heterocycles. The molecule has 0 aliphatic rings. The third-order valence-corrected chi connectivity index (χ3v) is 8.07. The quantitative estimate of drug-likeness (QED) is 0.388.